The fourth-order valence-electron chi connectivity index (χ4n) is 3.02. The lowest BCUT2D eigenvalue weighted by molar-refractivity contribution is -0.800. The van der Waals surface area contributed by atoms with Gasteiger partial charge in [-0.15, -0.1) is 0 Å². The van der Waals surface area contributed by atoms with E-state index in [-0.39, 0.29) is 29.9 Å². The van der Waals surface area contributed by atoms with E-state index in [1.165, 1.54) is 95.2 Å². The molecule has 0 aromatic rings. The Labute approximate surface area is 154 Å². The van der Waals surface area contributed by atoms with Gasteiger partial charge >= 0.3 is 5.97 Å². The van der Waals surface area contributed by atoms with E-state index >= 15 is 0 Å². The predicted octanol–water partition coefficient (Wildman–Crippen LogP) is 1.30. The van der Waals surface area contributed by atoms with E-state index in [4.69, 9.17) is 4.74 Å². The third kappa shape index (κ3) is 11.7. The third-order valence-electron chi connectivity index (χ3n) is 4.71. The van der Waals surface area contributed by atoms with E-state index in [0.717, 1.165) is 6.54 Å². The molecule has 0 radical (unpaired) electrons. The molecule has 1 saturated heterocycles. The van der Waals surface area contributed by atoms with Crippen LogP contribution in [0.15, 0.2) is 0 Å². The van der Waals surface area contributed by atoms with Crippen LogP contribution in [-0.4, -0.2) is 43.2 Å². The molecule has 0 saturated carbocycles. The molecule has 0 aromatic carbocycles. The van der Waals surface area contributed by atoms with Gasteiger partial charge in [0.05, 0.1) is 6.54 Å². The predicted molar refractivity (Wildman–Crippen MR) is 88.2 cm³/mol. The number of carbonyl (C=O) groups excluding carboxylic acids is 1. The molecule has 4 heteroatoms. The molecule has 3 nitrogen and oxygen atoms in total. The summed E-state index contributed by atoms with van der Waals surface area (Å²) in [6.07, 6.45) is 14.0. The maximum Gasteiger partial charge on any atom is 0.302 e. The number of carbonyl (C=O) groups is 1. The molecule has 0 N–H and O–H groups in total. The number of esters is 1. The van der Waals surface area contributed by atoms with Crippen molar-refractivity contribution in [2.24, 2.45) is 0 Å². The van der Waals surface area contributed by atoms with Gasteiger partial charge in [0.25, 0.3) is 0 Å². The molecular weight excluding hydrogens is 389 g/mol. The Kier molecular flexibility index (Phi) is 13.7. The van der Waals surface area contributed by atoms with Crippen molar-refractivity contribution >= 4 is 5.97 Å². The summed E-state index contributed by atoms with van der Waals surface area (Å²) < 4.78 is 6.26. The van der Waals surface area contributed by atoms with Gasteiger partial charge in [-0.25, -0.2) is 0 Å². The highest BCUT2D eigenvalue weighted by Gasteiger charge is 2.40. The molecule has 0 spiro atoms. The summed E-state index contributed by atoms with van der Waals surface area (Å²) in [6, 6.07) is 0. The molecule has 0 unspecified atom stereocenters. The van der Waals surface area contributed by atoms with Crippen molar-refractivity contribution in [1.82, 2.24) is 0 Å². The standard InChI is InChI=1S/C18H36NO2.HI/c1-3-4-5-6-7-8-9-10-11-12-13-19(14-15-19)16-17-21-18(2)20;/h3-17H2,1-2H3;1H/q+1;/p-1. The molecule has 0 atom stereocenters. The van der Waals surface area contributed by atoms with E-state index in [2.05, 4.69) is 6.92 Å². The highest BCUT2D eigenvalue weighted by atomic mass is 127. The number of nitrogens with zero attached hydrogens (tertiary/aromatic N) is 1. The maximum atomic E-state index is 10.8. The van der Waals surface area contributed by atoms with Crippen molar-refractivity contribution in [2.75, 3.05) is 32.8 Å². The fourth-order valence-corrected chi connectivity index (χ4v) is 3.02. The minimum Gasteiger partial charge on any atom is -1.00 e. The molecule has 0 aliphatic carbocycles. The van der Waals surface area contributed by atoms with Crippen LogP contribution < -0.4 is 24.0 Å². The van der Waals surface area contributed by atoms with Crippen LogP contribution in [0.5, 0.6) is 0 Å². The molecule has 1 rings (SSSR count). The normalized spacial score (nSPS) is 15.2. The summed E-state index contributed by atoms with van der Waals surface area (Å²) in [7, 11) is 0. The van der Waals surface area contributed by atoms with Crippen LogP contribution in [0.3, 0.4) is 0 Å². The van der Waals surface area contributed by atoms with Crippen molar-refractivity contribution in [3.8, 4) is 0 Å². The highest BCUT2D eigenvalue weighted by Crippen LogP contribution is 2.22. The summed E-state index contributed by atoms with van der Waals surface area (Å²) in [5, 5.41) is 0. The number of ether oxygens (including phenoxy) is 1. The quantitative estimate of drug-likeness (QED) is 0.138. The first-order chi connectivity index (χ1) is 10.2. The van der Waals surface area contributed by atoms with Crippen LogP contribution >= 0.6 is 0 Å². The van der Waals surface area contributed by atoms with E-state index in [0.29, 0.717) is 6.61 Å². The largest absolute Gasteiger partial charge is 1.00 e. The van der Waals surface area contributed by atoms with Gasteiger partial charge in [-0.1, -0.05) is 58.3 Å². The zero-order chi connectivity index (χ0) is 15.4. The average Bonchev–Trinajstić information content (AvgIpc) is 3.21. The first-order valence-electron chi connectivity index (χ1n) is 9.17. The van der Waals surface area contributed by atoms with Crippen LogP contribution in [0.1, 0.15) is 78.1 Å². The Morgan fingerprint density at radius 3 is 1.82 bits per heavy atom. The lowest BCUT2D eigenvalue weighted by Gasteiger charge is -2.18. The van der Waals surface area contributed by atoms with Gasteiger partial charge in [-0.05, 0) is 12.8 Å². The molecule has 1 aliphatic rings. The Bertz CT molecular complexity index is 280. The molecule has 132 valence electrons. The van der Waals surface area contributed by atoms with Crippen molar-refractivity contribution in [3.63, 3.8) is 0 Å². The number of rotatable bonds is 14. The minimum atomic E-state index is -0.145. The van der Waals surface area contributed by atoms with E-state index in [9.17, 15) is 4.79 Å². The van der Waals surface area contributed by atoms with Crippen molar-refractivity contribution in [1.29, 1.82) is 0 Å². The average molecular weight is 425 g/mol. The second kappa shape index (κ2) is 13.6. The summed E-state index contributed by atoms with van der Waals surface area (Å²) in [5.74, 6) is -0.145. The zero-order valence-corrected chi connectivity index (χ0v) is 16.9. The van der Waals surface area contributed by atoms with Crippen LogP contribution in [0.4, 0.5) is 0 Å². The third-order valence-corrected chi connectivity index (χ3v) is 4.71. The topological polar surface area (TPSA) is 26.3 Å². The molecule has 22 heavy (non-hydrogen) atoms. The van der Waals surface area contributed by atoms with Crippen LogP contribution in [0.2, 0.25) is 0 Å². The Balaban J connectivity index is 0.00000441. The maximum absolute atomic E-state index is 10.8. The smallest absolute Gasteiger partial charge is 0.302 e. The van der Waals surface area contributed by atoms with Gasteiger partial charge in [-0.2, -0.15) is 0 Å². The summed E-state index contributed by atoms with van der Waals surface area (Å²) >= 11 is 0. The number of halogens is 1. The molecular formula is C18H36INO2. The van der Waals surface area contributed by atoms with E-state index < -0.39 is 0 Å². The Morgan fingerprint density at radius 2 is 1.36 bits per heavy atom. The van der Waals surface area contributed by atoms with Gasteiger partial charge in [0, 0.05) is 6.92 Å². The number of quaternary nitrogens is 1. The highest BCUT2D eigenvalue weighted by molar-refractivity contribution is 5.65. The molecule has 0 bridgehead atoms. The SMILES string of the molecule is CCCCCCCCCCCC[N+]1(CCOC(C)=O)CC1.[I-]. The van der Waals surface area contributed by atoms with Crippen LogP contribution in [0.25, 0.3) is 0 Å². The first kappa shape index (κ1) is 22.2. The molecule has 1 heterocycles. The fraction of sp³-hybridized carbons (Fsp3) is 0.944. The number of hydrogen-bond donors (Lipinski definition) is 0. The molecule has 0 amide bonds. The molecule has 1 fully saturated rings. The van der Waals surface area contributed by atoms with Crippen molar-refractivity contribution < 1.29 is 38.0 Å². The summed E-state index contributed by atoms with van der Waals surface area (Å²) in [5.41, 5.74) is 0. The lowest BCUT2D eigenvalue weighted by atomic mass is 10.1. The minimum absolute atomic E-state index is 0. The molecule has 0 aromatic heterocycles. The van der Waals surface area contributed by atoms with Gasteiger partial charge in [0.1, 0.15) is 26.2 Å². The van der Waals surface area contributed by atoms with E-state index in [1.54, 1.807) is 0 Å². The van der Waals surface area contributed by atoms with Crippen LogP contribution in [-0.2, 0) is 9.53 Å². The molecule has 1 aliphatic heterocycles. The monoisotopic (exact) mass is 425 g/mol. The van der Waals surface area contributed by atoms with Gasteiger partial charge in [-0.3, -0.25) is 4.79 Å². The number of hydrogen-bond acceptors (Lipinski definition) is 2. The van der Waals surface area contributed by atoms with Gasteiger partial charge < -0.3 is 33.2 Å². The Hall–Kier alpha value is 0.160. The van der Waals surface area contributed by atoms with E-state index in [1.807, 2.05) is 0 Å². The summed E-state index contributed by atoms with van der Waals surface area (Å²) in [4.78, 5) is 10.8. The second-order valence-corrected chi connectivity index (χ2v) is 6.76. The lowest BCUT2D eigenvalue weighted by Crippen LogP contribution is -3.00. The van der Waals surface area contributed by atoms with Gasteiger partial charge in [0.2, 0.25) is 0 Å². The summed E-state index contributed by atoms with van der Waals surface area (Å²) in [6.45, 7) is 9.27. The van der Waals surface area contributed by atoms with Crippen molar-refractivity contribution in [2.45, 2.75) is 78.1 Å². The van der Waals surface area contributed by atoms with Crippen LogP contribution in [0, 0.1) is 0 Å². The zero-order valence-electron chi connectivity index (χ0n) is 14.7. The first-order valence-corrected chi connectivity index (χ1v) is 9.17. The number of unbranched alkanes of at least 4 members (excludes halogenated alkanes) is 9. The second-order valence-electron chi connectivity index (χ2n) is 6.76. The van der Waals surface area contributed by atoms with Gasteiger partial charge in [0.15, 0.2) is 0 Å². The van der Waals surface area contributed by atoms with Crippen molar-refractivity contribution in [3.05, 3.63) is 0 Å². The Morgan fingerprint density at radius 1 is 0.864 bits per heavy atom.